The summed E-state index contributed by atoms with van der Waals surface area (Å²) in [6, 6.07) is 4.08. The summed E-state index contributed by atoms with van der Waals surface area (Å²) in [7, 11) is 0. The van der Waals surface area contributed by atoms with Crippen molar-refractivity contribution in [1.29, 1.82) is 0 Å². The quantitative estimate of drug-likeness (QED) is 0.796. The summed E-state index contributed by atoms with van der Waals surface area (Å²) in [5.74, 6) is 0.920. The number of carbonyl (C=O) groups is 1. The summed E-state index contributed by atoms with van der Waals surface area (Å²) in [5.41, 5.74) is 0.620. The molecule has 1 aliphatic heterocycles. The highest BCUT2D eigenvalue weighted by molar-refractivity contribution is 5.90. The van der Waals surface area contributed by atoms with Crippen molar-refractivity contribution < 1.29 is 4.79 Å². The molecular weight excluding hydrogens is 252 g/mol. The van der Waals surface area contributed by atoms with Crippen LogP contribution in [0.25, 0.3) is 0 Å². The molecule has 1 aromatic heterocycles. The highest BCUT2D eigenvalue weighted by atomic mass is 16.2. The summed E-state index contributed by atoms with van der Waals surface area (Å²) in [6.45, 7) is 9.33. The highest BCUT2D eigenvalue weighted by Crippen LogP contribution is 2.24. The number of rotatable bonds is 5. The van der Waals surface area contributed by atoms with Crippen molar-refractivity contribution in [2.45, 2.75) is 39.3 Å². The zero-order valence-electron chi connectivity index (χ0n) is 12.6. The molecule has 0 unspecified atom stereocenters. The fourth-order valence-corrected chi connectivity index (χ4v) is 2.39. The molecule has 0 atom stereocenters. The summed E-state index contributed by atoms with van der Waals surface area (Å²) in [4.78, 5) is 18.5. The van der Waals surface area contributed by atoms with Gasteiger partial charge in [-0.15, -0.1) is 0 Å². The predicted molar refractivity (Wildman–Crippen MR) is 80.7 cm³/mol. The number of pyridine rings is 1. The van der Waals surface area contributed by atoms with Crippen LogP contribution >= 0.6 is 0 Å². The van der Waals surface area contributed by atoms with Gasteiger partial charge < -0.3 is 15.5 Å². The molecular formula is C15H24N4O. The third-order valence-corrected chi connectivity index (χ3v) is 3.69. The Kier molecular flexibility index (Phi) is 4.60. The standard InChI is InChI=1S/C15H24N4O/c1-4-7-16-10-12-5-6-13(18-11-12)19-9-8-17-14(20)15(19,2)3/h5-6,11,16H,4,7-10H2,1-3H3,(H,17,20). The van der Waals surface area contributed by atoms with Crippen LogP contribution in [0.4, 0.5) is 5.82 Å². The van der Waals surface area contributed by atoms with Crippen LogP contribution < -0.4 is 15.5 Å². The Balaban J connectivity index is 2.07. The van der Waals surface area contributed by atoms with Crippen molar-refractivity contribution in [3.8, 4) is 0 Å². The topological polar surface area (TPSA) is 57.3 Å². The summed E-state index contributed by atoms with van der Waals surface area (Å²) >= 11 is 0. The van der Waals surface area contributed by atoms with Crippen molar-refractivity contribution in [3.05, 3.63) is 23.9 Å². The fourth-order valence-electron chi connectivity index (χ4n) is 2.39. The Morgan fingerprint density at radius 2 is 2.25 bits per heavy atom. The van der Waals surface area contributed by atoms with Crippen LogP contribution in [-0.4, -0.2) is 36.1 Å². The molecule has 1 fully saturated rings. The molecule has 0 spiro atoms. The van der Waals surface area contributed by atoms with Crippen molar-refractivity contribution in [3.63, 3.8) is 0 Å². The number of anilines is 1. The zero-order chi connectivity index (χ0) is 14.6. The number of aromatic nitrogens is 1. The van der Waals surface area contributed by atoms with E-state index < -0.39 is 5.54 Å². The van der Waals surface area contributed by atoms with Gasteiger partial charge in [0.05, 0.1) is 0 Å². The second kappa shape index (κ2) is 6.22. The van der Waals surface area contributed by atoms with Crippen LogP contribution in [0.1, 0.15) is 32.8 Å². The van der Waals surface area contributed by atoms with Gasteiger partial charge in [0.2, 0.25) is 5.91 Å². The molecule has 20 heavy (non-hydrogen) atoms. The minimum atomic E-state index is -0.548. The molecule has 2 N–H and O–H groups in total. The van der Waals surface area contributed by atoms with E-state index in [1.54, 1.807) is 0 Å². The normalized spacial score (nSPS) is 17.9. The smallest absolute Gasteiger partial charge is 0.245 e. The lowest BCUT2D eigenvalue weighted by Crippen LogP contribution is -2.62. The lowest BCUT2D eigenvalue weighted by Gasteiger charge is -2.42. The maximum absolute atomic E-state index is 12.0. The number of nitrogens with zero attached hydrogens (tertiary/aromatic N) is 2. The van der Waals surface area contributed by atoms with E-state index in [1.807, 2.05) is 26.1 Å². The lowest BCUT2D eigenvalue weighted by molar-refractivity contribution is -0.126. The van der Waals surface area contributed by atoms with Crippen LogP contribution in [0, 0.1) is 0 Å². The molecule has 1 aromatic rings. The van der Waals surface area contributed by atoms with Crippen LogP contribution in [-0.2, 0) is 11.3 Å². The average molecular weight is 276 g/mol. The van der Waals surface area contributed by atoms with Gasteiger partial charge in [-0.25, -0.2) is 4.98 Å². The van der Waals surface area contributed by atoms with Crippen molar-refractivity contribution in [2.75, 3.05) is 24.5 Å². The Bertz CT molecular complexity index is 455. The summed E-state index contributed by atoms with van der Waals surface area (Å²) < 4.78 is 0. The summed E-state index contributed by atoms with van der Waals surface area (Å²) in [6.07, 6.45) is 3.02. The van der Waals surface area contributed by atoms with Crippen LogP contribution in [0.5, 0.6) is 0 Å². The largest absolute Gasteiger partial charge is 0.352 e. The maximum Gasteiger partial charge on any atom is 0.245 e. The Morgan fingerprint density at radius 1 is 1.45 bits per heavy atom. The van der Waals surface area contributed by atoms with Gasteiger partial charge in [0, 0.05) is 25.8 Å². The van der Waals surface area contributed by atoms with Gasteiger partial charge in [0.15, 0.2) is 0 Å². The number of piperazine rings is 1. The molecule has 0 bridgehead atoms. The molecule has 110 valence electrons. The van der Waals surface area contributed by atoms with Gasteiger partial charge in [-0.2, -0.15) is 0 Å². The summed E-state index contributed by atoms with van der Waals surface area (Å²) in [5, 5.41) is 6.26. The second-order valence-electron chi connectivity index (χ2n) is 5.67. The predicted octanol–water partition coefficient (Wildman–Crippen LogP) is 1.30. The Labute approximate surface area is 120 Å². The SMILES string of the molecule is CCCNCc1ccc(N2CCNC(=O)C2(C)C)nc1. The Morgan fingerprint density at radius 3 is 2.90 bits per heavy atom. The maximum atomic E-state index is 12.0. The van der Waals surface area contributed by atoms with E-state index in [0.29, 0.717) is 6.54 Å². The molecule has 2 rings (SSSR count). The van der Waals surface area contributed by atoms with Gasteiger partial charge in [-0.1, -0.05) is 13.0 Å². The first-order valence-electron chi connectivity index (χ1n) is 7.27. The first kappa shape index (κ1) is 14.8. The van der Waals surface area contributed by atoms with Crippen LogP contribution in [0.3, 0.4) is 0 Å². The second-order valence-corrected chi connectivity index (χ2v) is 5.67. The fraction of sp³-hybridized carbons (Fsp3) is 0.600. The van der Waals surface area contributed by atoms with Crippen LogP contribution in [0.15, 0.2) is 18.3 Å². The zero-order valence-corrected chi connectivity index (χ0v) is 12.6. The number of hydrogen-bond donors (Lipinski definition) is 2. The van der Waals surface area contributed by atoms with E-state index in [0.717, 1.165) is 31.9 Å². The molecule has 0 radical (unpaired) electrons. The van der Waals surface area contributed by atoms with Gasteiger partial charge >= 0.3 is 0 Å². The number of nitrogens with one attached hydrogen (secondary N) is 2. The average Bonchev–Trinajstić information content (AvgIpc) is 2.43. The number of amides is 1. The van der Waals surface area contributed by atoms with Gasteiger partial charge in [0.1, 0.15) is 11.4 Å². The van der Waals surface area contributed by atoms with Gasteiger partial charge in [-0.3, -0.25) is 4.79 Å². The van der Waals surface area contributed by atoms with Crippen LogP contribution in [0.2, 0.25) is 0 Å². The third-order valence-electron chi connectivity index (χ3n) is 3.69. The Hall–Kier alpha value is -1.62. The van der Waals surface area contributed by atoms with E-state index >= 15 is 0 Å². The van der Waals surface area contributed by atoms with E-state index in [1.165, 1.54) is 5.56 Å². The molecule has 0 aliphatic carbocycles. The van der Waals surface area contributed by atoms with Gasteiger partial charge in [0.25, 0.3) is 0 Å². The highest BCUT2D eigenvalue weighted by Gasteiger charge is 2.38. The lowest BCUT2D eigenvalue weighted by atomic mass is 9.99. The first-order chi connectivity index (χ1) is 9.55. The minimum absolute atomic E-state index is 0.0549. The number of carbonyl (C=O) groups excluding carboxylic acids is 1. The molecule has 1 aliphatic rings. The number of hydrogen-bond acceptors (Lipinski definition) is 4. The molecule has 1 amide bonds. The van der Waals surface area contributed by atoms with E-state index in [9.17, 15) is 4.79 Å². The molecule has 0 aromatic carbocycles. The van der Waals surface area contributed by atoms with E-state index in [2.05, 4.69) is 33.5 Å². The minimum Gasteiger partial charge on any atom is -0.352 e. The van der Waals surface area contributed by atoms with Crippen molar-refractivity contribution in [2.24, 2.45) is 0 Å². The van der Waals surface area contributed by atoms with Crippen molar-refractivity contribution in [1.82, 2.24) is 15.6 Å². The third kappa shape index (κ3) is 3.10. The van der Waals surface area contributed by atoms with E-state index in [-0.39, 0.29) is 5.91 Å². The molecule has 5 heteroatoms. The molecule has 5 nitrogen and oxygen atoms in total. The molecule has 0 saturated carbocycles. The van der Waals surface area contributed by atoms with Gasteiger partial charge in [-0.05, 0) is 38.4 Å². The van der Waals surface area contributed by atoms with E-state index in [4.69, 9.17) is 0 Å². The van der Waals surface area contributed by atoms with Crippen molar-refractivity contribution >= 4 is 11.7 Å². The molecule has 1 saturated heterocycles. The molecule has 2 heterocycles. The monoisotopic (exact) mass is 276 g/mol. The first-order valence-corrected chi connectivity index (χ1v) is 7.27.